The van der Waals surface area contributed by atoms with Crippen LogP contribution in [-0.4, -0.2) is 22.5 Å². The standard InChI is InChI=1S/C17H20N4O4/c1-2-25-12-8-4-5-9-10(12)6-3-7-11(9)19-16(23)14-13(18)15(22)21-17(24)20-14/h4-5,8,11H,2-3,6-7,18H2,1H3,(H,19,23)(H2,20,21,22,24)/t11-/m1/s1. The molecule has 1 amide bonds. The quantitative estimate of drug-likeness (QED) is 0.653. The van der Waals surface area contributed by atoms with Gasteiger partial charge in [-0.15, -0.1) is 0 Å². The second-order valence-electron chi connectivity index (χ2n) is 5.87. The van der Waals surface area contributed by atoms with E-state index in [9.17, 15) is 14.4 Å². The minimum atomic E-state index is -0.781. The third-order valence-corrected chi connectivity index (χ3v) is 4.28. The van der Waals surface area contributed by atoms with Crippen molar-refractivity contribution in [2.75, 3.05) is 12.3 Å². The Balaban J connectivity index is 1.91. The molecule has 1 aromatic carbocycles. The normalized spacial score (nSPS) is 16.1. The number of amides is 1. The number of nitrogens with one attached hydrogen (secondary N) is 3. The Morgan fingerprint density at radius 3 is 2.92 bits per heavy atom. The van der Waals surface area contributed by atoms with Gasteiger partial charge in [0.25, 0.3) is 11.5 Å². The van der Waals surface area contributed by atoms with Crippen molar-refractivity contribution in [1.29, 1.82) is 0 Å². The Morgan fingerprint density at radius 2 is 2.16 bits per heavy atom. The van der Waals surface area contributed by atoms with Crippen LogP contribution in [0, 0.1) is 0 Å². The smallest absolute Gasteiger partial charge is 0.326 e. The van der Waals surface area contributed by atoms with E-state index < -0.39 is 17.2 Å². The maximum Gasteiger partial charge on any atom is 0.326 e. The number of hydrogen-bond acceptors (Lipinski definition) is 5. The van der Waals surface area contributed by atoms with Crippen molar-refractivity contribution in [1.82, 2.24) is 15.3 Å². The van der Waals surface area contributed by atoms with Crippen molar-refractivity contribution >= 4 is 11.6 Å². The van der Waals surface area contributed by atoms with Gasteiger partial charge in [0.1, 0.15) is 17.1 Å². The molecule has 5 N–H and O–H groups in total. The van der Waals surface area contributed by atoms with Gasteiger partial charge in [-0.3, -0.25) is 14.6 Å². The maximum absolute atomic E-state index is 12.5. The van der Waals surface area contributed by atoms with E-state index in [-0.39, 0.29) is 17.4 Å². The maximum atomic E-state index is 12.5. The van der Waals surface area contributed by atoms with Crippen LogP contribution in [-0.2, 0) is 6.42 Å². The van der Waals surface area contributed by atoms with Gasteiger partial charge >= 0.3 is 5.69 Å². The van der Waals surface area contributed by atoms with Gasteiger partial charge in [-0.05, 0) is 43.4 Å². The molecule has 8 heteroatoms. The van der Waals surface area contributed by atoms with Crippen LogP contribution < -0.4 is 27.0 Å². The summed E-state index contributed by atoms with van der Waals surface area (Å²) in [6, 6.07) is 5.52. The summed E-state index contributed by atoms with van der Waals surface area (Å²) >= 11 is 0. The summed E-state index contributed by atoms with van der Waals surface area (Å²) in [6.07, 6.45) is 2.52. The molecule has 1 atom stereocenters. The first-order valence-corrected chi connectivity index (χ1v) is 8.18. The molecular formula is C17H20N4O4. The predicted octanol–water partition coefficient (Wildman–Crippen LogP) is 0.852. The summed E-state index contributed by atoms with van der Waals surface area (Å²) in [6.45, 7) is 2.49. The van der Waals surface area contributed by atoms with Crippen molar-refractivity contribution in [2.45, 2.75) is 32.2 Å². The first-order valence-electron chi connectivity index (χ1n) is 8.18. The fourth-order valence-corrected chi connectivity index (χ4v) is 3.16. The van der Waals surface area contributed by atoms with Crippen molar-refractivity contribution < 1.29 is 9.53 Å². The van der Waals surface area contributed by atoms with Crippen molar-refractivity contribution in [3.05, 3.63) is 55.9 Å². The van der Waals surface area contributed by atoms with Gasteiger partial charge in [0.2, 0.25) is 0 Å². The lowest BCUT2D eigenvalue weighted by Crippen LogP contribution is -2.36. The molecule has 8 nitrogen and oxygen atoms in total. The summed E-state index contributed by atoms with van der Waals surface area (Å²) < 4.78 is 5.67. The summed E-state index contributed by atoms with van der Waals surface area (Å²) in [5.41, 5.74) is 5.60. The zero-order chi connectivity index (χ0) is 18.0. The monoisotopic (exact) mass is 344 g/mol. The minimum Gasteiger partial charge on any atom is -0.494 e. The van der Waals surface area contributed by atoms with E-state index in [4.69, 9.17) is 10.5 Å². The van der Waals surface area contributed by atoms with Crippen LogP contribution in [0.15, 0.2) is 27.8 Å². The summed E-state index contributed by atoms with van der Waals surface area (Å²) in [5, 5.41) is 2.86. The number of carbonyl (C=O) groups is 1. The second-order valence-corrected chi connectivity index (χ2v) is 5.87. The lowest BCUT2D eigenvalue weighted by atomic mass is 9.87. The molecule has 0 unspecified atom stereocenters. The fraction of sp³-hybridized carbons (Fsp3) is 0.353. The SMILES string of the molecule is CCOc1cccc2c1CCC[C@H]2NC(=O)c1[nH]c(=O)[nH]c(=O)c1N. The lowest BCUT2D eigenvalue weighted by molar-refractivity contribution is 0.0928. The van der Waals surface area contributed by atoms with Gasteiger partial charge in [0.15, 0.2) is 0 Å². The Labute approximate surface area is 143 Å². The molecule has 3 rings (SSSR count). The van der Waals surface area contributed by atoms with Crippen LogP contribution in [0.3, 0.4) is 0 Å². The largest absolute Gasteiger partial charge is 0.494 e. The van der Waals surface area contributed by atoms with Crippen LogP contribution in [0.4, 0.5) is 5.69 Å². The Hall–Kier alpha value is -3.03. The molecule has 0 aliphatic heterocycles. The highest BCUT2D eigenvalue weighted by Gasteiger charge is 2.26. The number of aromatic nitrogens is 2. The number of hydrogen-bond donors (Lipinski definition) is 4. The van der Waals surface area contributed by atoms with Gasteiger partial charge in [-0.1, -0.05) is 12.1 Å². The van der Waals surface area contributed by atoms with Crippen LogP contribution >= 0.6 is 0 Å². The third kappa shape index (κ3) is 3.28. The van der Waals surface area contributed by atoms with Crippen molar-refractivity contribution in [3.63, 3.8) is 0 Å². The van der Waals surface area contributed by atoms with Crippen molar-refractivity contribution in [2.24, 2.45) is 0 Å². The number of H-pyrrole nitrogens is 2. The molecule has 0 bridgehead atoms. The van der Waals surface area contributed by atoms with Gasteiger partial charge in [0, 0.05) is 0 Å². The zero-order valence-electron chi connectivity index (χ0n) is 13.8. The van der Waals surface area contributed by atoms with Crippen LogP contribution in [0.5, 0.6) is 5.75 Å². The van der Waals surface area contributed by atoms with Gasteiger partial charge in [-0.25, -0.2) is 4.79 Å². The highest BCUT2D eigenvalue weighted by Crippen LogP contribution is 2.35. The van der Waals surface area contributed by atoms with E-state index in [0.717, 1.165) is 36.1 Å². The molecule has 132 valence electrons. The van der Waals surface area contributed by atoms with Crippen LogP contribution in [0.1, 0.15) is 47.4 Å². The van der Waals surface area contributed by atoms with Crippen LogP contribution in [0.2, 0.25) is 0 Å². The lowest BCUT2D eigenvalue weighted by Gasteiger charge is -2.28. The van der Waals surface area contributed by atoms with Crippen LogP contribution in [0.25, 0.3) is 0 Å². The molecule has 1 aliphatic carbocycles. The van der Waals surface area contributed by atoms with Gasteiger partial charge in [-0.2, -0.15) is 0 Å². The number of aromatic amines is 2. The highest BCUT2D eigenvalue weighted by molar-refractivity contribution is 5.97. The first-order chi connectivity index (χ1) is 12.0. The number of anilines is 1. The summed E-state index contributed by atoms with van der Waals surface area (Å²) in [4.78, 5) is 39.8. The number of benzene rings is 1. The predicted molar refractivity (Wildman–Crippen MR) is 92.9 cm³/mol. The minimum absolute atomic E-state index is 0.221. The van der Waals surface area contributed by atoms with Gasteiger partial charge in [0.05, 0.1) is 12.6 Å². The number of nitrogen functional groups attached to an aromatic ring is 1. The Kier molecular flexibility index (Phi) is 4.60. The number of carbonyl (C=O) groups excluding carboxylic acids is 1. The first kappa shape index (κ1) is 16.8. The number of ether oxygens (including phenoxy) is 1. The molecule has 1 heterocycles. The molecule has 0 fully saturated rings. The molecule has 1 aromatic heterocycles. The van der Waals surface area contributed by atoms with E-state index in [1.54, 1.807) is 0 Å². The summed E-state index contributed by atoms with van der Waals surface area (Å²) in [5.74, 6) is 0.239. The van der Waals surface area contributed by atoms with Gasteiger partial charge < -0.3 is 20.8 Å². The average molecular weight is 344 g/mol. The zero-order valence-corrected chi connectivity index (χ0v) is 13.8. The summed E-state index contributed by atoms with van der Waals surface area (Å²) in [7, 11) is 0. The molecule has 0 radical (unpaired) electrons. The topological polar surface area (TPSA) is 130 Å². The third-order valence-electron chi connectivity index (χ3n) is 4.28. The molecule has 2 aromatic rings. The molecule has 0 saturated heterocycles. The Bertz CT molecular complexity index is 916. The molecule has 0 saturated carbocycles. The van der Waals surface area contributed by atoms with E-state index in [2.05, 4.69) is 10.3 Å². The number of nitrogens with two attached hydrogens (primary N) is 1. The van der Waals surface area contributed by atoms with E-state index in [1.165, 1.54) is 0 Å². The Morgan fingerprint density at radius 1 is 1.36 bits per heavy atom. The van der Waals surface area contributed by atoms with E-state index >= 15 is 0 Å². The molecule has 1 aliphatic rings. The molecule has 0 spiro atoms. The fourth-order valence-electron chi connectivity index (χ4n) is 3.16. The number of rotatable bonds is 4. The molecule has 25 heavy (non-hydrogen) atoms. The second kappa shape index (κ2) is 6.84. The molecular weight excluding hydrogens is 324 g/mol. The van der Waals surface area contributed by atoms with E-state index in [1.807, 2.05) is 30.1 Å². The average Bonchev–Trinajstić information content (AvgIpc) is 2.59. The van der Waals surface area contributed by atoms with E-state index in [0.29, 0.717) is 6.61 Å². The highest BCUT2D eigenvalue weighted by atomic mass is 16.5. The number of fused-ring (bicyclic) bond motifs is 1. The van der Waals surface area contributed by atoms with Crippen molar-refractivity contribution in [3.8, 4) is 5.75 Å².